The van der Waals surface area contributed by atoms with Gasteiger partial charge in [-0.15, -0.1) is 0 Å². The molecule has 0 atom stereocenters. The van der Waals surface area contributed by atoms with Crippen molar-refractivity contribution >= 4 is 0 Å². The molecule has 0 aromatic heterocycles. The van der Waals surface area contributed by atoms with Crippen LogP contribution in [0.1, 0.15) is 44.6 Å². The molecule has 0 saturated carbocycles. The molecule has 0 aromatic rings. The monoisotopic (exact) mass is 8190 g/mol. The predicted molar refractivity (Wildman–Crippen MR) is 40.4 cm³/mol. The van der Waals surface area contributed by atoms with Crippen molar-refractivity contribution in [2.75, 3.05) is 0 Å². The fourth-order valence-corrected chi connectivity index (χ4v) is 0. The standard InChI is InChI=1S/6CH4.44W/h6*1H4;;;;;;;;;;;;;;;;;;;;;;;;;;;;;;;;;;;;;;;;;;;;. The zero-order valence-corrected chi connectivity index (χ0v) is 147. The Balaban J connectivity index is 0. The summed E-state index contributed by atoms with van der Waals surface area (Å²) >= 11 is 0. The van der Waals surface area contributed by atoms with Gasteiger partial charge in [0.05, 0.1) is 0 Å². The van der Waals surface area contributed by atoms with Crippen LogP contribution in [0.25, 0.3) is 0 Å². The minimum absolute atomic E-state index is 0. The minimum atomic E-state index is 0. The maximum absolute atomic E-state index is 0. The van der Waals surface area contributed by atoms with Gasteiger partial charge < -0.3 is 0 Å². The van der Waals surface area contributed by atoms with Crippen molar-refractivity contribution in [1.29, 1.82) is 0 Å². The summed E-state index contributed by atoms with van der Waals surface area (Å²) < 4.78 is 0. The van der Waals surface area contributed by atoms with Gasteiger partial charge in [0.2, 0.25) is 0 Å². The van der Waals surface area contributed by atoms with E-state index in [9.17, 15) is 0 Å². The fourth-order valence-electron chi connectivity index (χ4n) is 0. The number of hydrogen-bond donors (Lipinski definition) is 0. The molecule has 0 unspecified atom stereocenters. The van der Waals surface area contributed by atoms with Crippen LogP contribution in [0.15, 0.2) is 0 Å². The van der Waals surface area contributed by atoms with E-state index in [0.717, 1.165) is 0 Å². The molecule has 0 aromatic carbocycles. The van der Waals surface area contributed by atoms with Crippen LogP contribution in [0.4, 0.5) is 0 Å². The second kappa shape index (κ2) is 530. The van der Waals surface area contributed by atoms with Crippen LogP contribution in [0.3, 0.4) is 0 Å². The summed E-state index contributed by atoms with van der Waals surface area (Å²) in [6.45, 7) is 0. The molecule has 0 heterocycles. The molecule has 0 amide bonds. The van der Waals surface area contributed by atoms with Gasteiger partial charge in [-0.1, -0.05) is 44.6 Å². The molecule has 0 radical (unpaired) electrons. The molecular weight excluding hydrogens is 8160 g/mol. The first-order valence-electron chi connectivity index (χ1n) is 0. The second-order valence-corrected chi connectivity index (χ2v) is 0. The van der Waals surface area contributed by atoms with E-state index in [1.807, 2.05) is 0 Å². The molecule has 0 rings (SSSR count). The van der Waals surface area contributed by atoms with E-state index in [0.29, 0.717) is 0 Å². The van der Waals surface area contributed by atoms with E-state index in [1.54, 1.807) is 0 Å². The Morgan fingerprint density at radius 1 is 0.0400 bits per heavy atom. The summed E-state index contributed by atoms with van der Waals surface area (Å²) in [5.74, 6) is 0. The van der Waals surface area contributed by atoms with Crippen molar-refractivity contribution in [3.05, 3.63) is 0 Å². The van der Waals surface area contributed by atoms with Crippen LogP contribution < -0.4 is 0 Å². The van der Waals surface area contributed by atoms with Crippen LogP contribution in [0, 0.1) is 0 Å². The van der Waals surface area contributed by atoms with Crippen molar-refractivity contribution < 1.29 is 927 Å². The molecule has 0 N–H and O–H groups in total. The van der Waals surface area contributed by atoms with Crippen LogP contribution in [0.5, 0.6) is 0 Å². The summed E-state index contributed by atoms with van der Waals surface area (Å²) in [6, 6.07) is 0. The summed E-state index contributed by atoms with van der Waals surface area (Å²) in [7, 11) is 0. The van der Waals surface area contributed by atoms with Crippen molar-refractivity contribution in [2.24, 2.45) is 0 Å². The molecule has 0 nitrogen and oxygen atoms in total. The molecule has 50 heavy (non-hydrogen) atoms. The maximum atomic E-state index is 0. The van der Waals surface area contributed by atoms with Gasteiger partial charge in [0.15, 0.2) is 0 Å². The number of hydrogen-bond acceptors (Lipinski definition) is 0. The molecule has 0 fully saturated rings. The van der Waals surface area contributed by atoms with E-state index >= 15 is 0 Å². The Kier molecular flexibility index (Phi) is 5830. The predicted octanol–water partition coefficient (Wildman–Crippen LogP) is 3.71. The Hall–Kier alpha value is 30.3. The van der Waals surface area contributed by atoms with Gasteiger partial charge in [-0.25, -0.2) is 0 Å². The van der Waals surface area contributed by atoms with Gasteiger partial charge in [-0.3, -0.25) is 0 Å². The first-order chi connectivity index (χ1) is 0. The largest absolute Gasteiger partial charge is 0.0776 e. The maximum Gasteiger partial charge on any atom is 0 e. The Bertz CT molecular complexity index is 26.5. The van der Waals surface area contributed by atoms with Crippen molar-refractivity contribution in [3.8, 4) is 0 Å². The van der Waals surface area contributed by atoms with Crippen LogP contribution in [-0.4, -0.2) is 0 Å². The van der Waals surface area contributed by atoms with Crippen LogP contribution in [0.2, 0.25) is 0 Å². The Morgan fingerprint density at radius 2 is 0.0400 bits per heavy atom. The Morgan fingerprint density at radius 3 is 0.0400 bits per heavy atom. The van der Waals surface area contributed by atoms with E-state index in [-0.39, 0.29) is 971 Å². The van der Waals surface area contributed by atoms with Gasteiger partial charge in [0.25, 0.3) is 0 Å². The Labute approximate surface area is 943 Å². The molecular formula is C6H24W44. The van der Waals surface area contributed by atoms with Crippen molar-refractivity contribution in [1.82, 2.24) is 0 Å². The van der Waals surface area contributed by atoms with Gasteiger partial charge in [-0.05, 0) is 0 Å². The smallest absolute Gasteiger partial charge is 0 e. The third kappa shape index (κ3) is 510. The molecule has 0 aliphatic heterocycles. The van der Waals surface area contributed by atoms with Crippen LogP contribution >= 0.6 is 0 Å². The summed E-state index contributed by atoms with van der Waals surface area (Å²) in [5.41, 5.74) is 0. The molecule has 0 spiro atoms. The van der Waals surface area contributed by atoms with Gasteiger partial charge in [0, 0.05) is 927 Å². The summed E-state index contributed by atoms with van der Waals surface area (Å²) in [4.78, 5) is 0. The van der Waals surface area contributed by atoms with E-state index in [2.05, 4.69) is 0 Å². The average molecular weight is 8190 g/mol. The van der Waals surface area contributed by atoms with Gasteiger partial charge >= 0.3 is 0 Å². The van der Waals surface area contributed by atoms with Gasteiger partial charge in [0.1, 0.15) is 0 Å². The first-order valence-corrected chi connectivity index (χ1v) is 0. The van der Waals surface area contributed by atoms with E-state index < -0.39 is 0 Å². The minimum Gasteiger partial charge on any atom is -0.0776 e. The SMILES string of the molecule is C.C.C.C.C.C.[W].[W].[W].[W].[W].[W].[W].[W].[W].[W].[W].[W].[W].[W].[W].[W].[W].[W].[W].[W].[W].[W].[W].[W].[W].[W].[W].[W].[W].[W].[W].[W].[W].[W].[W].[W].[W].[W].[W].[W].[W].[W].[W].[W]. The van der Waals surface area contributed by atoms with Crippen molar-refractivity contribution in [3.63, 3.8) is 0 Å². The zero-order chi connectivity index (χ0) is 0. The molecule has 312 valence electrons. The molecule has 0 aliphatic rings. The fraction of sp³-hybridized carbons (Fsp3) is 1.00. The summed E-state index contributed by atoms with van der Waals surface area (Å²) in [6.07, 6.45) is 0. The third-order valence-corrected chi connectivity index (χ3v) is 0. The average Bonchev–Trinajstić information content (AvgIpc) is 0. The van der Waals surface area contributed by atoms with E-state index in [1.165, 1.54) is 0 Å². The molecule has 0 saturated heterocycles. The molecule has 0 bridgehead atoms. The topological polar surface area (TPSA) is 0 Å². The summed E-state index contributed by atoms with van der Waals surface area (Å²) in [5, 5.41) is 0. The van der Waals surface area contributed by atoms with Gasteiger partial charge in [-0.2, -0.15) is 0 Å². The molecule has 0 aliphatic carbocycles. The normalized spacial score (nSPS) is 0. The zero-order valence-electron chi connectivity index (χ0n) is 18.0. The molecule has 44 heteroatoms. The van der Waals surface area contributed by atoms with Crippen molar-refractivity contribution in [2.45, 2.75) is 44.6 Å². The quantitative estimate of drug-likeness (QED) is 0.348. The van der Waals surface area contributed by atoms with Crippen LogP contribution in [-0.2, 0) is 927 Å². The number of rotatable bonds is 0. The second-order valence-electron chi connectivity index (χ2n) is 0. The third-order valence-electron chi connectivity index (χ3n) is 0. The first kappa shape index (κ1) is 550. The van der Waals surface area contributed by atoms with E-state index in [4.69, 9.17) is 0 Å².